The number of likely N-dealkylation sites (tertiary alicyclic amines) is 1. The average Bonchev–Trinajstić information content (AvgIpc) is 3.10. The van der Waals surface area contributed by atoms with Crippen molar-refractivity contribution in [1.29, 1.82) is 0 Å². The zero-order chi connectivity index (χ0) is 17.2. The van der Waals surface area contributed by atoms with Crippen LogP contribution in [0.4, 0.5) is 0 Å². The second-order valence-corrected chi connectivity index (χ2v) is 8.00. The Morgan fingerprint density at radius 2 is 1.88 bits per heavy atom. The van der Waals surface area contributed by atoms with E-state index in [4.69, 9.17) is 0 Å². The topological polar surface area (TPSA) is 63.9 Å². The number of fused-ring (bicyclic) bond motifs is 1. The molecule has 2 fully saturated rings. The van der Waals surface area contributed by atoms with Crippen LogP contribution in [0.25, 0.3) is 11.4 Å². The number of nitrogens with zero attached hydrogens (tertiary/aromatic N) is 5. The van der Waals surface area contributed by atoms with E-state index in [0.29, 0.717) is 11.7 Å². The quantitative estimate of drug-likeness (QED) is 0.789. The molecule has 0 N–H and O–H groups in total. The van der Waals surface area contributed by atoms with Gasteiger partial charge in [0.2, 0.25) is 11.7 Å². The highest BCUT2D eigenvalue weighted by Crippen LogP contribution is 2.36. The molecule has 1 aliphatic heterocycles. The summed E-state index contributed by atoms with van der Waals surface area (Å²) in [5.74, 6) is 2.16. The van der Waals surface area contributed by atoms with Crippen molar-refractivity contribution in [3.63, 3.8) is 0 Å². The smallest absolute Gasteiger partial charge is 0.246 e. The molecular weight excluding hydrogens is 382 g/mol. The first-order valence-electron chi connectivity index (χ1n) is 9.00. The number of carbonyl (C=O) groups is 1. The van der Waals surface area contributed by atoms with Crippen molar-refractivity contribution in [3.8, 4) is 11.4 Å². The summed E-state index contributed by atoms with van der Waals surface area (Å²) in [4.78, 5) is 16.0. The molecule has 0 unspecified atom stereocenters. The van der Waals surface area contributed by atoms with Gasteiger partial charge >= 0.3 is 0 Å². The summed E-state index contributed by atoms with van der Waals surface area (Å²) in [6, 6.07) is 7.74. The summed E-state index contributed by atoms with van der Waals surface area (Å²) >= 11 is 3.41. The predicted molar refractivity (Wildman–Crippen MR) is 97.6 cm³/mol. The molecule has 0 radical (unpaired) electrons. The highest BCUT2D eigenvalue weighted by Gasteiger charge is 2.33. The molecule has 2 heterocycles. The Kier molecular flexibility index (Phi) is 4.83. The maximum Gasteiger partial charge on any atom is 0.246 e. The van der Waals surface area contributed by atoms with Gasteiger partial charge in [-0.3, -0.25) is 4.79 Å². The largest absolute Gasteiger partial charge is 0.341 e. The normalized spacial score (nSPS) is 23.3. The second-order valence-electron chi connectivity index (χ2n) is 7.08. The molecule has 4 rings (SSSR count). The van der Waals surface area contributed by atoms with E-state index in [9.17, 15) is 4.79 Å². The standard InChI is InChI=1S/C18H22BrN5O/c19-16-7-5-14(6-8-16)18-20-22-24(21-18)12-17(25)23-10-9-13-3-1-2-4-15(13)11-23/h5-8,13,15H,1-4,9-12H2/t13-,15+/m0/s1. The summed E-state index contributed by atoms with van der Waals surface area (Å²) in [6.45, 7) is 1.94. The predicted octanol–water partition coefficient (Wildman–Crippen LogP) is 3.14. The lowest BCUT2D eigenvalue weighted by Gasteiger charge is -2.41. The maximum absolute atomic E-state index is 12.6. The SMILES string of the molecule is O=C(Cn1nnc(-c2ccc(Br)cc2)n1)N1CC[C@@H]2CCCC[C@@H]2C1. The van der Waals surface area contributed by atoms with Gasteiger partial charge in [0.15, 0.2) is 0 Å². The lowest BCUT2D eigenvalue weighted by molar-refractivity contribution is -0.135. The van der Waals surface area contributed by atoms with Crippen LogP contribution in [-0.2, 0) is 11.3 Å². The van der Waals surface area contributed by atoms with Gasteiger partial charge in [-0.15, -0.1) is 10.2 Å². The van der Waals surface area contributed by atoms with Crippen LogP contribution < -0.4 is 0 Å². The first-order chi connectivity index (χ1) is 12.2. The van der Waals surface area contributed by atoms with Crippen LogP contribution in [0.1, 0.15) is 32.1 Å². The van der Waals surface area contributed by atoms with E-state index in [2.05, 4.69) is 31.3 Å². The fraction of sp³-hybridized carbons (Fsp3) is 0.556. The Morgan fingerprint density at radius 1 is 1.12 bits per heavy atom. The molecule has 132 valence electrons. The minimum Gasteiger partial charge on any atom is -0.341 e. The van der Waals surface area contributed by atoms with Crippen molar-refractivity contribution in [2.24, 2.45) is 11.8 Å². The number of carbonyl (C=O) groups excluding carboxylic acids is 1. The van der Waals surface area contributed by atoms with E-state index in [1.807, 2.05) is 29.2 Å². The van der Waals surface area contributed by atoms with E-state index >= 15 is 0 Å². The van der Waals surface area contributed by atoms with Gasteiger partial charge in [-0.05, 0) is 54.2 Å². The molecule has 25 heavy (non-hydrogen) atoms. The van der Waals surface area contributed by atoms with Crippen molar-refractivity contribution in [2.45, 2.75) is 38.6 Å². The number of rotatable bonds is 3. The number of amides is 1. The Labute approximate surface area is 155 Å². The van der Waals surface area contributed by atoms with Gasteiger partial charge in [0.05, 0.1) is 0 Å². The Bertz CT molecular complexity index is 744. The minimum atomic E-state index is 0.101. The third-order valence-electron chi connectivity index (χ3n) is 5.48. The lowest BCUT2D eigenvalue weighted by atomic mass is 9.75. The highest BCUT2D eigenvalue weighted by atomic mass is 79.9. The monoisotopic (exact) mass is 403 g/mol. The van der Waals surface area contributed by atoms with Gasteiger partial charge in [-0.25, -0.2) is 0 Å². The molecule has 1 aliphatic carbocycles. The highest BCUT2D eigenvalue weighted by molar-refractivity contribution is 9.10. The van der Waals surface area contributed by atoms with Crippen molar-refractivity contribution in [2.75, 3.05) is 13.1 Å². The van der Waals surface area contributed by atoms with E-state index in [0.717, 1.165) is 35.5 Å². The number of tetrazole rings is 1. The molecule has 6 nitrogen and oxygen atoms in total. The number of piperidine rings is 1. The Morgan fingerprint density at radius 3 is 2.68 bits per heavy atom. The summed E-state index contributed by atoms with van der Waals surface area (Å²) in [5.41, 5.74) is 0.893. The number of halogens is 1. The van der Waals surface area contributed by atoms with Crippen molar-refractivity contribution in [3.05, 3.63) is 28.7 Å². The molecule has 1 saturated carbocycles. The van der Waals surface area contributed by atoms with Crippen LogP contribution >= 0.6 is 15.9 Å². The molecule has 1 amide bonds. The van der Waals surface area contributed by atoms with Crippen molar-refractivity contribution < 1.29 is 4.79 Å². The Balaban J connectivity index is 1.39. The third kappa shape index (κ3) is 3.76. The number of benzene rings is 1. The van der Waals surface area contributed by atoms with Gasteiger partial charge < -0.3 is 4.90 Å². The lowest BCUT2D eigenvalue weighted by Crippen LogP contribution is -2.46. The van der Waals surface area contributed by atoms with Crippen LogP contribution in [0.3, 0.4) is 0 Å². The van der Waals surface area contributed by atoms with E-state index in [1.165, 1.54) is 30.5 Å². The molecule has 7 heteroatoms. The van der Waals surface area contributed by atoms with Crippen LogP contribution in [-0.4, -0.2) is 44.1 Å². The fourth-order valence-corrected chi connectivity index (χ4v) is 4.34. The molecule has 1 aromatic heterocycles. The molecule has 2 atom stereocenters. The summed E-state index contributed by atoms with van der Waals surface area (Å²) < 4.78 is 1.00. The second kappa shape index (κ2) is 7.23. The van der Waals surface area contributed by atoms with Crippen LogP contribution in [0, 0.1) is 11.8 Å². The average molecular weight is 404 g/mol. The number of aromatic nitrogens is 4. The van der Waals surface area contributed by atoms with Crippen LogP contribution in [0.5, 0.6) is 0 Å². The third-order valence-corrected chi connectivity index (χ3v) is 6.00. The van der Waals surface area contributed by atoms with E-state index < -0.39 is 0 Å². The van der Waals surface area contributed by atoms with Gasteiger partial charge in [0.25, 0.3) is 0 Å². The zero-order valence-electron chi connectivity index (χ0n) is 14.1. The number of hydrogen-bond acceptors (Lipinski definition) is 4. The molecule has 1 aromatic carbocycles. The van der Waals surface area contributed by atoms with Crippen molar-refractivity contribution in [1.82, 2.24) is 25.1 Å². The Hall–Kier alpha value is -1.76. The minimum absolute atomic E-state index is 0.101. The van der Waals surface area contributed by atoms with Crippen molar-refractivity contribution >= 4 is 21.8 Å². The zero-order valence-corrected chi connectivity index (χ0v) is 15.7. The van der Waals surface area contributed by atoms with Gasteiger partial charge in [-0.1, -0.05) is 35.2 Å². The van der Waals surface area contributed by atoms with Crippen LogP contribution in [0.15, 0.2) is 28.7 Å². The molecule has 0 spiro atoms. The molecular formula is C18H22BrN5O. The van der Waals surface area contributed by atoms with E-state index in [1.54, 1.807) is 0 Å². The molecule has 1 saturated heterocycles. The van der Waals surface area contributed by atoms with Crippen LogP contribution in [0.2, 0.25) is 0 Å². The fourth-order valence-electron chi connectivity index (χ4n) is 4.07. The van der Waals surface area contributed by atoms with Gasteiger partial charge in [0, 0.05) is 23.1 Å². The first kappa shape index (κ1) is 16.7. The summed E-state index contributed by atoms with van der Waals surface area (Å²) in [7, 11) is 0. The van der Waals surface area contributed by atoms with Gasteiger partial charge in [0.1, 0.15) is 6.54 Å². The first-order valence-corrected chi connectivity index (χ1v) is 9.80. The van der Waals surface area contributed by atoms with Gasteiger partial charge in [-0.2, -0.15) is 4.80 Å². The number of hydrogen-bond donors (Lipinski definition) is 0. The molecule has 0 bridgehead atoms. The van der Waals surface area contributed by atoms with E-state index in [-0.39, 0.29) is 12.5 Å². The molecule has 2 aliphatic rings. The summed E-state index contributed by atoms with van der Waals surface area (Å²) in [6.07, 6.45) is 6.42. The molecule has 2 aromatic rings. The maximum atomic E-state index is 12.6. The summed E-state index contributed by atoms with van der Waals surface area (Å²) in [5, 5.41) is 12.5.